The van der Waals surface area contributed by atoms with Crippen LogP contribution in [0.1, 0.15) is 19.8 Å². The van der Waals surface area contributed by atoms with Crippen LogP contribution in [0.5, 0.6) is 0 Å². The lowest BCUT2D eigenvalue weighted by Crippen LogP contribution is -2.21. The molecule has 0 radical (unpaired) electrons. The van der Waals surface area contributed by atoms with Crippen molar-refractivity contribution >= 4 is 5.71 Å². The molecule has 0 N–H and O–H groups in total. The fourth-order valence-corrected chi connectivity index (χ4v) is 2.49. The molecule has 0 amide bonds. The Morgan fingerprint density at radius 2 is 2.00 bits per heavy atom. The van der Waals surface area contributed by atoms with Crippen LogP contribution in [0.4, 0.5) is 0 Å². The summed E-state index contributed by atoms with van der Waals surface area (Å²) in [7, 11) is 0. The third-order valence-corrected chi connectivity index (χ3v) is 3.46. The summed E-state index contributed by atoms with van der Waals surface area (Å²) < 4.78 is 0. The van der Waals surface area contributed by atoms with Crippen molar-refractivity contribution in [3.8, 4) is 0 Å². The lowest BCUT2D eigenvalue weighted by atomic mass is 9.88. The maximum absolute atomic E-state index is 4.86. The van der Waals surface area contributed by atoms with E-state index in [0.717, 1.165) is 18.6 Å². The Bertz CT molecular complexity index is 498. The van der Waals surface area contributed by atoms with Gasteiger partial charge in [-0.25, -0.2) is 0 Å². The monoisotopic (exact) mass is 223 g/mol. The zero-order valence-electron chi connectivity index (χ0n) is 10.1. The zero-order chi connectivity index (χ0) is 11.7. The van der Waals surface area contributed by atoms with Gasteiger partial charge in [0, 0.05) is 5.92 Å². The van der Waals surface area contributed by atoms with Gasteiger partial charge in [-0.05, 0) is 31.4 Å². The number of allylic oxidation sites excluding steroid dienone is 7. The average Bonchev–Trinajstić information content (AvgIpc) is 2.39. The molecule has 0 spiro atoms. The maximum Gasteiger partial charge on any atom is 0.0790 e. The SMILES string of the molecule is CC1=CC2N=C(C3=CCCC=C3)C=CC2C=C1. The molecular formula is C16H17N. The summed E-state index contributed by atoms with van der Waals surface area (Å²) in [6, 6.07) is 0.302. The lowest BCUT2D eigenvalue weighted by molar-refractivity contribution is 0.674. The van der Waals surface area contributed by atoms with Crippen LogP contribution in [0.2, 0.25) is 0 Å². The first-order valence-electron chi connectivity index (χ1n) is 6.33. The van der Waals surface area contributed by atoms with Crippen LogP contribution in [-0.2, 0) is 0 Å². The smallest absolute Gasteiger partial charge is 0.0790 e. The Hall–Kier alpha value is -1.63. The van der Waals surface area contributed by atoms with Gasteiger partial charge >= 0.3 is 0 Å². The number of dihydropyridines is 1. The van der Waals surface area contributed by atoms with Crippen molar-refractivity contribution in [1.82, 2.24) is 0 Å². The fourth-order valence-electron chi connectivity index (χ4n) is 2.49. The summed E-state index contributed by atoms with van der Waals surface area (Å²) in [6.07, 6.45) is 20.2. The van der Waals surface area contributed by atoms with Gasteiger partial charge in [-0.2, -0.15) is 0 Å². The van der Waals surface area contributed by atoms with Crippen molar-refractivity contribution in [3.05, 3.63) is 59.8 Å². The van der Waals surface area contributed by atoms with E-state index in [1.165, 1.54) is 11.1 Å². The number of aliphatic imine (C=N–C) groups is 1. The van der Waals surface area contributed by atoms with Gasteiger partial charge < -0.3 is 0 Å². The minimum absolute atomic E-state index is 0.302. The molecule has 0 fully saturated rings. The summed E-state index contributed by atoms with van der Waals surface area (Å²) in [6.45, 7) is 2.14. The quantitative estimate of drug-likeness (QED) is 0.641. The lowest BCUT2D eigenvalue weighted by Gasteiger charge is -2.24. The second-order valence-corrected chi connectivity index (χ2v) is 4.85. The van der Waals surface area contributed by atoms with Crippen LogP contribution in [0.25, 0.3) is 0 Å². The van der Waals surface area contributed by atoms with E-state index in [9.17, 15) is 0 Å². The largest absolute Gasteiger partial charge is 0.276 e. The van der Waals surface area contributed by atoms with E-state index >= 15 is 0 Å². The first-order valence-corrected chi connectivity index (χ1v) is 6.33. The molecule has 1 heterocycles. The molecule has 0 aromatic heterocycles. The van der Waals surface area contributed by atoms with Crippen molar-refractivity contribution in [2.24, 2.45) is 10.9 Å². The van der Waals surface area contributed by atoms with Gasteiger partial charge in [-0.1, -0.05) is 48.1 Å². The van der Waals surface area contributed by atoms with Crippen LogP contribution < -0.4 is 0 Å². The highest BCUT2D eigenvalue weighted by atomic mass is 14.8. The molecule has 0 aromatic rings. The molecule has 1 heteroatoms. The van der Waals surface area contributed by atoms with Crippen molar-refractivity contribution in [1.29, 1.82) is 0 Å². The number of hydrogen-bond acceptors (Lipinski definition) is 1. The van der Waals surface area contributed by atoms with Gasteiger partial charge in [-0.15, -0.1) is 0 Å². The molecule has 1 aliphatic heterocycles. The Balaban J connectivity index is 1.89. The van der Waals surface area contributed by atoms with E-state index in [1.807, 2.05) is 0 Å². The van der Waals surface area contributed by atoms with Crippen molar-refractivity contribution in [2.75, 3.05) is 0 Å². The molecule has 2 aliphatic carbocycles. The summed E-state index contributed by atoms with van der Waals surface area (Å²) in [4.78, 5) is 4.86. The summed E-state index contributed by atoms with van der Waals surface area (Å²) >= 11 is 0. The zero-order valence-corrected chi connectivity index (χ0v) is 10.1. The minimum atomic E-state index is 0.302. The van der Waals surface area contributed by atoms with Crippen LogP contribution >= 0.6 is 0 Å². The first-order chi connectivity index (χ1) is 8.33. The minimum Gasteiger partial charge on any atom is -0.276 e. The van der Waals surface area contributed by atoms with E-state index in [-0.39, 0.29) is 0 Å². The van der Waals surface area contributed by atoms with Crippen LogP contribution in [0, 0.1) is 5.92 Å². The van der Waals surface area contributed by atoms with Crippen LogP contribution in [0.3, 0.4) is 0 Å². The van der Waals surface area contributed by atoms with E-state index in [4.69, 9.17) is 4.99 Å². The van der Waals surface area contributed by atoms with Crippen molar-refractivity contribution in [2.45, 2.75) is 25.8 Å². The van der Waals surface area contributed by atoms with E-state index in [2.05, 4.69) is 55.5 Å². The van der Waals surface area contributed by atoms with E-state index < -0.39 is 0 Å². The Kier molecular flexibility index (Phi) is 2.68. The number of hydrogen-bond donors (Lipinski definition) is 0. The molecule has 0 saturated carbocycles. The molecular weight excluding hydrogens is 206 g/mol. The number of fused-ring (bicyclic) bond motifs is 1. The third kappa shape index (κ3) is 2.10. The third-order valence-electron chi connectivity index (χ3n) is 3.46. The van der Waals surface area contributed by atoms with E-state index in [1.54, 1.807) is 0 Å². The Morgan fingerprint density at radius 1 is 1.12 bits per heavy atom. The normalized spacial score (nSPS) is 30.5. The Labute approximate surface area is 103 Å². The molecule has 17 heavy (non-hydrogen) atoms. The molecule has 1 nitrogen and oxygen atoms in total. The molecule has 2 unspecified atom stereocenters. The van der Waals surface area contributed by atoms with E-state index in [0.29, 0.717) is 12.0 Å². The molecule has 86 valence electrons. The number of nitrogens with zero attached hydrogens (tertiary/aromatic N) is 1. The van der Waals surface area contributed by atoms with Crippen molar-refractivity contribution in [3.63, 3.8) is 0 Å². The fraction of sp³-hybridized carbons (Fsp3) is 0.312. The molecule has 2 atom stereocenters. The van der Waals surface area contributed by atoms with Gasteiger partial charge in [0.1, 0.15) is 0 Å². The van der Waals surface area contributed by atoms with Crippen LogP contribution in [-0.4, -0.2) is 11.8 Å². The molecule has 0 bridgehead atoms. The highest BCUT2D eigenvalue weighted by Crippen LogP contribution is 2.26. The standard InChI is InChI=1S/C16H17N/c1-12-7-8-14-9-10-15(17-16(14)11-12)13-5-3-2-4-6-13/h3,5-11,14,16H,2,4H2,1H3. The van der Waals surface area contributed by atoms with Gasteiger partial charge in [-0.3, -0.25) is 4.99 Å². The van der Waals surface area contributed by atoms with Gasteiger partial charge in [0.2, 0.25) is 0 Å². The highest BCUT2D eigenvalue weighted by Gasteiger charge is 2.21. The molecule has 0 saturated heterocycles. The predicted octanol–water partition coefficient (Wildman–Crippen LogP) is 3.77. The topological polar surface area (TPSA) is 12.4 Å². The Morgan fingerprint density at radius 3 is 2.82 bits per heavy atom. The van der Waals surface area contributed by atoms with Gasteiger partial charge in [0.25, 0.3) is 0 Å². The van der Waals surface area contributed by atoms with Crippen molar-refractivity contribution < 1.29 is 0 Å². The van der Waals surface area contributed by atoms with Gasteiger partial charge in [0.15, 0.2) is 0 Å². The number of rotatable bonds is 1. The molecule has 3 aliphatic rings. The second-order valence-electron chi connectivity index (χ2n) is 4.85. The second kappa shape index (κ2) is 4.33. The predicted molar refractivity (Wildman–Crippen MR) is 73.2 cm³/mol. The highest BCUT2D eigenvalue weighted by molar-refractivity contribution is 6.11. The molecule has 0 aromatic carbocycles. The summed E-state index contributed by atoms with van der Waals surface area (Å²) in [5, 5.41) is 0. The maximum atomic E-state index is 4.86. The summed E-state index contributed by atoms with van der Waals surface area (Å²) in [5.74, 6) is 0.454. The average molecular weight is 223 g/mol. The molecule has 3 rings (SSSR count). The summed E-state index contributed by atoms with van der Waals surface area (Å²) in [5.41, 5.74) is 3.74. The van der Waals surface area contributed by atoms with Gasteiger partial charge in [0.05, 0.1) is 11.8 Å². The van der Waals surface area contributed by atoms with Crippen LogP contribution in [0.15, 0.2) is 64.7 Å². The first kappa shape index (κ1) is 10.5.